The van der Waals surface area contributed by atoms with E-state index in [4.69, 9.17) is 0 Å². The highest BCUT2D eigenvalue weighted by atomic mass is 32.2. The minimum atomic E-state index is -4.03. The van der Waals surface area contributed by atoms with Gasteiger partial charge in [-0.05, 0) is 12.1 Å². The Morgan fingerprint density at radius 2 is 1.79 bits per heavy atom. The largest absolute Gasteiger partial charge is 0.463 e. The molecule has 0 radical (unpaired) electrons. The number of nitro benzene ring substituents is 1. The van der Waals surface area contributed by atoms with Gasteiger partial charge in [0, 0.05) is 12.1 Å². The molecular weight excluding hydrogens is 278 g/mol. The number of rotatable bonds is 5. The number of methoxy groups -OCH3 is 1. The SMILES string of the molecule is COC(=O)C(=O)CS(=O)(=O)c1ccc([N+](=O)[O-])cc1. The van der Waals surface area contributed by atoms with Gasteiger partial charge in [0.15, 0.2) is 9.84 Å². The molecule has 0 fully saturated rings. The van der Waals surface area contributed by atoms with E-state index < -0.39 is 32.3 Å². The molecule has 102 valence electrons. The van der Waals surface area contributed by atoms with Gasteiger partial charge in [-0.15, -0.1) is 0 Å². The molecule has 8 nitrogen and oxygen atoms in total. The maximum Gasteiger partial charge on any atom is 0.375 e. The average Bonchev–Trinajstić information content (AvgIpc) is 2.37. The van der Waals surface area contributed by atoms with Crippen LogP contribution in [0.1, 0.15) is 0 Å². The summed E-state index contributed by atoms with van der Waals surface area (Å²) >= 11 is 0. The van der Waals surface area contributed by atoms with Crippen molar-refractivity contribution in [3.63, 3.8) is 0 Å². The number of carbonyl (C=O) groups is 2. The van der Waals surface area contributed by atoms with Crippen molar-refractivity contribution in [2.24, 2.45) is 0 Å². The summed E-state index contributed by atoms with van der Waals surface area (Å²) in [4.78, 5) is 31.5. The Labute approximate surface area is 108 Å². The van der Waals surface area contributed by atoms with Crippen molar-refractivity contribution in [3.8, 4) is 0 Å². The first kappa shape index (κ1) is 14.8. The number of Topliss-reactive ketones (excluding diaryl/α,β-unsaturated/α-hetero) is 1. The number of hydrogen-bond donors (Lipinski definition) is 0. The molecule has 0 spiro atoms. The zero-order valence-corrected chi connectivity index (χ0v) is 10.5. The van der Waals surface area contributed by atoms with Crippen molar-refractivity contribution in [1.82, 2.24) is 0 Å². The zero-order chi connectivity index (χ0) is 14.6. The summed E-state index contributed by atoms with van der Waals surface area (Å²) < 4.78 is 27.6. The summed E-state index contributed by atoms with van der Waals surface area (Å²) in [7, 11) is -3.07. The molecule has 0 bridgehead atoms. The van der Waals surface area contributed by atoms with Gasteiger partial charge in [-0.3, -0.25) is 14.9 Å². The second-order valence-corrected chi connectivity index (χ2v) is 5.41. The molecule has 0 atom stereocenters. The van der Waals surface area contributed by atoms with Crippen LogP contribution in [-0.4, -0.2) is 38.0 Å². The Morgan fingerprint density at radius 3 is 2.21 bits per heavy atom. The topological polar surface area (TPSA) is 121 Å². The quantitative estimate of drug-likeness (QED) is 0.326. The molecule has 0 aromatic heterocycles. The molecule has 1 aromatic carbocycles. The van der Waals surface area contributed by atoms with E-state index in [-0.39, 0.29) is 10.6 Å². The van der Waals surface area contributed by atoms with Gasteiger partial charge >= 0.3 is 5.97 Å². The Morgan fingerprint density at radius 1 is 1.26 bits per heavy atom. The normalized spacial score (nSPS) is 10.8. The number of non-ortho nitro benzene ring substituents is 1. The molecular formula is C10H9NO7S. The van der Waals surface area contributed by atoms with Crippen LogP contribution in [0.15, 0.2) is 29.2 Å². The highest BCUT2D eigenvalue weighted by molar-refractivity contribution is 7.92. The summed E-state index contributed by atoms with van der Waals surface area (Å²) in [5.74, 6) is -3.51. The van der Waals surface area contributed by atoms with Gasteiger partial charge in [0.25, 0.3) is 11.5 Å². The predicted octanol–water partition coefficient (Wildman–Crippen LogP) is 0.111. The monoisotopic (exact) mass is 287 g/mol. The Bertz CT molecular complexity index is 618. The second-order valence-electron chi connectivity index (χ2n) is 3.42. The third kappa shape index (κ3) is 3.58. The number of esters is 1. The molecule has 9 heteroatoms. The number of nitrogens with zero attached hydrogens (tertiary/aromatic N) is 1. The van der Waals surface area contributed by atoms with Gasteiger partial charge in [0.1, 0.15) is 5.75 Å². The lowest BCUT2D eigenvalue weighted by atomic mass is 10.3. The molecule has 0 aliphatic heterocycles. The Balaban J connectivity index is 2.98. The fraction of sp³-hybridized carbons (Fsp3) is 0.200. The van der Waals surface area contributed by atoms with Gasteiger partial charge in [-0.1, -0.05) is 0 Å². The van der Waals surface area contributed by atoms with Crippen LogP contribution in [0.5, 0.6) is 0 Å². The van der Waals surface area contributed by atoms with Gasteiger partial charge < -0.3 is 4.74 Å². The van der Waals surface area contributed by atoms with Crippen molar-refractivity contribution >= 4 is 27.3 Å². The van der Waals surface area contributed by atoms with E-state index in [0.717, 1.165) is 31.4 Å². The van der Waals surface area contributed by atoms with E-state index in [1.165, 1.54) is 0 Å². The molecule has 0 saturated carbocycles. The molecule has 1 aromatic rings. The van der Waals surface area contributed by atoms with E-state index in [2.05, 4.69) is 4.74 Å². The van der Waals surface area contributed by atoms with Gasteiger partial charge in [0.05, 0.1) is 16.9 Å². The molecule has 0 amide bonds. The van der Waals surface area contributed by atoms with Crippen LogP contribution in [0.25, 0.3) is 0 Å². The lowest BCUT2D eigenvalue weighted by molar-refractivity contribution is -0.384. The summed E-state index contributed by atoms with van der Waals surface area (Å²) in [6, 6.07) is 3.99. The number of nitro groups is 1. The average molecular weight is 287 g/mol. The van der Waals surface area contributed by atoms with Crippen molar-refractivity contribution in [1.29, 1.82) is 0 Å². The summed E-state index contributed by atoms with van der Waals surface area (Å²) in [5, 5.41) is 10.4. The first-order valence-corrected chi connectivity index (χ1v) is 6.51. The van der Waals surface area contributed by atoms with E-state index >= 15 is 0 Å². The maximum absolute atomic E-state index is 11.7. The van der Waals surface area contributed by atoms with Crippen LogP contribution >= 0.6 is 0 Å². The lowest BCUT2D eigenvalue weighted by Crippen LogP contribution is -2.24. The molecule has 0 aliphatic carbocycles. The van der Waals surface area contributed by atoms with E-state index in [1.807, 2.05) is 0 Å². The lowest BCUT2D eigenvalue weighted by Gasteiger charge is -2.02. The van der Waals surface area contributed by atoms with Crippen molar-refractivity contribution < 1.29 is 27.7 Å². The van der Waals surface area contributed by atoms with E-state index in [1.54, 1.807) is 0 Å². The van der Waals surface area contributed by atoms with Crippen molar-refractivity contribution in [3.05, 3.63) is 34.4 Å². The second kappa shape index (κ2) is 5.57. The third-order valence-corrected chi connectivity index (χ3v) is 3.77. The molecule has 0 heterocycles. The van der Waals surface area contributed by atoms with Crippen LogP contribution in [0.2, 0.25) is 0 Å². The van der Waals surface area contributed by atoms with Crippen LogP contribution in [0.4, 0.5) is 5.69 Å². The maximum atomic E-state index is 11.7. The molecule has 0 N–H and O–H groups in total. The number of ketones is 1. The van der Waals surface area contributed by atoms with Gasteiger partial charge in [-0.25, -0.2) is 13.2 Å². The highest BCUT2D eigenvalue weighted by Gasteiger charge is 2.25. The fourth-order valence-corrected chi connectivity index (χ4v) is 2.38. The Hall–Kier alpha value is -2.29. The first-order chi connectivity index (χ1) is 8.77. The van der Waals surface area contributed by atoms with Crippen molar-refractivity contribution in [2.75, 3.05) is 12.9 Å². The van der Waals surface area contributed by atoms with Gasteiger partial charge in [-0.2, -0.15) is 0 Å². The third-order valence-electron chi connectivity index (χ3n) is 2.14. The van der Waals surface area contributed by atoms with Crippen molar-refractivity contribution in [2.45, 2.75) is 4.90 Å². The zero-order valence-electron chi connectivity index (χ0n) is 9.73. The molecule has 0 unspecified atom stereocenters. The van der Waals surface area contributed by atoms with Crippen LogP contribution in [-0.2, 0) is 24.2 Å². The van der Waals surface area contributed by atoms with E-state index in [0.29, 0.717) is 0 Å². The number of benzene rings is 1. The smallest absolute Gasteiger partial charge is 0.375 e. The fourth-order valence-electron chi connectivity index (χ4n) is 1.20. The van der Waals surface area contributed by atoms with Gasteiger partial charge in [0.2, 0.25) is 0 Å². The molecule has 0 aliphatic rings. The standard InChI is InChI=1S/C10H9NO7S/c1-18-10(13)9(12)6-19(16,17)8-4-2-7(3-5-8)11(14)15/h2-5H,6H2,1H3. The first-order valence-electron chi connectivity index (χ1n) is 4.86. The number of carbonyl (C=O) groups excluding carboxylic acids is 2. The molecule has 1 rings (SSSR count). The van der Waals surface area contributed by atoms with Crippen LogP contribution in [0.3, 0.4) is 0 Å². The minimum Gasteiger partial charge on any atom is -0.463 e. The number of ether oxygens (including phenoxy) is 1. The Kier molecular flexibility index (Phi) is 4.33. The van der Waals surface area contributed by atoms with Crippen LogP contribution in [0, 0.1) is 10.1 Å². The summed E-state index contributed by atoms with van der Waals surface area (Å²) in [6.07, 6.45) is 0. The highest BCUT2D eigenvalue weighted by Crippen LogP contribution is 2.17. The minimum absolute atomic E-state index is 0.279. The van der Waals surface area contributed by atoms with Crippen LogP contribution < -0.4 is 0 Å². The van der Waals surface area contributed by atoms with E-state index in [9.17, 15) is 28.1 Å². The summed E-state index contributed by atoms with van der Waals surface area (Å²) in [5.41, 5.74) is -0.279. The molecule has 0 saturated heterocycles. The number of hydrogen-bond acceptors (Lipinski definition) is 7. The molecule has 19 heavy (non-hydrogen) atoms. The predicted molar refractivity (Wildman–Crippen MR) is 62.2 cm³/mol. The summed E-state index contributed by atoms with van der Waals surface area (Å²) in [6.45, 7) is 0. The number of sulfone groups is 1.